The van der Waals surface area contributed by atoms with Crippen molar-refractivity contribution in [1.82, 2.24) is 0 Å². The minimum absolute atomic E-state index is 0.128. The number of carbonyl (C=O) groups excluding carboxylic acids is 2. The van der Waals surface area contributed by atoms with Crippen molar-refractivity contribution in [2.24, 2.45) is 46.3 Å². The van der Waals surface area contributed by atoms with Gasteiger partial charge in [-0.2, -0.15) is 0 Å². The Morgan fingerprint density at radius 2 is 1.76 bits per heavy atom. The van der Waals surface area contributed by atoms with Crippen LogP contribution in [0.1, 0.15) is 108 Å². The van der Waals surface area contributed by atoms with Crippen molar-refractivity contribution in [3.8, 4) is 0 Å². The summed E-state index contributed by atoms with van der Waals surface area (Å²) >= 11 is 0. The fourth-order valence-corrected chi connectivity index (χ4v) is 9.44. The van der Waals surface area contributed by atoms with Crippen molar-refractivity contribution in [3.63, 3.8) is 0 Å². The predicted molar refractivity (Wildman–Crippen MR) is 147 cm³/mol. The smallest absolute Gasteiger partial charge is 0.338 e. The van der Waals surface area contributed by atoms with Crippen molar-refractivity contribution < 1.29 is 24.2 Å². The lowest BCUT2D eigenvalue weighted by Crippen LogP contribution is -2.59. The summed E-state index contributed by atoms with van der Waals surface area (Å²) in [6, 6.07) is 9.35. The van der Waals surface area contributed by atoms with Gasteiger partial charge in [-0.05, 0) is 98.0 Å². The molecule has 0 radical (unpaired) electrons. The zero-order valence-electron chi connectivity index (χ0n) is 23.5. The first-order valence-electron chi connectivity index (χ1n) is 15.1. The van der Waals surface area contributed by atoms with E-state index < -0.39 is 5.97 Å². The van der Waals surface area contributed by atoms with Gasteiger partial charge >= 0.3 is 11.9 Å². The molecule has 0 saturated heterocycles. The molecule has 0 spiro atoms. The molecule has 0 heterocycles. The van der Waals surface area contributed by atoms with Crippen LogP contribution in [-0.2, 0) is 14.3 Å². The molecule has 5 heteroatoms. The quantitative estimate of drug-likeness (QED) is 0.285. The van der Waals surface area contributed by atoms with E-state index in [1.807, 2.05) is 37.3 Å². The van der Waals surface area contributed by atoms with E-state index in [9.17, 15) is 19.5 Å². The van der Waals surface area contributed by atoms with Gasteiger partial charge in [0.2, 0.25) is 0 Å². The van der Waals surface area contributed by atoms with E-state index in [1.54, 1.807) is 0 Å². The zero-order chi connectivity index (χ0) is 27.1. The third-order valence-corrected chi connectivity index (χ3v) is 11.8. The minimum atomic E-state index is -0.694. The van der Waals surface area contributed by atoms with Crippen molar-refractivity contribution >= 4 is 17.7 Å². The highest BCUT2D eigenvalue weighted by molar-refractivity contribution is 5.89. The summed E-state index contributed by atoms with van der Waals surface area (Å²) in [4.78, 5) is 37.0. The van der Waals surface area contributed by atoms with Crippen molar-refractivity contribution in [3.05, 3.63) is 35.9 Å². The van der Waals surface area contributed by atoms with Gasteiger partial charge in [-0.3, -0.25) is 9.59 Å². The van der Waals surface area contributed by atoms with Gasteiger partial charge in [-0.1, -0.05) is 51.8 Å². The second-order valence-electron chi connectivity index (χ2n) is 13.6. The van der Waals surface area contributed by atoms with E-state index in [-0.39, 0.29) is 28.8 Å². The number of carboxylic acid groups (broad SMARTS) is 1. The van der Waals surface area contributed by atoms with Gasteiger partial charge in [0, 0.05) is 18.8 Å². The van der Waals surface area contributed by atoms with Gasteiger partial charge in [0.05, 0.1) is 11.5 Å². The average Bonchev–Trinajstić information content (AvgIpc) is 3.23. The monoisotopic (exact) mass is 522 g/mol. The summed E-state index contributed by atoms with van der Waals surface area (Å²) in [7, 11) is 0. The van der Waals surface area contributed by atoms with Crippen molar-refractivity contribution in [1.29, 1.82) is 0 Å². The van der Waals surface area contributed by atoms with E-state index in [4.69, 9.17) is 4.74 Å². The summed E-state index contributed by atoms with van der Waals surface area (Å²) in [5, 5.41) is 9.22. The Labute approximate surface area is 228 Å². The Balaban J connectivity index is 1.36. The molecule has 0 amide bonds. The van der Waals surface area contributed by atoms with Crippen LogP contribution in [0.5, 0.6) is 0 Å². The van der Waals surface area contributed by atoms with Crippen LogP contribution in [0.4, 0.5) is 0 Å². The van der Waals surface area contributed by atoms with Gasteiger partial charge in [-0.25, -0.2) is 4.79 Å². The van der Waals surface area contributed by atoms with Crippen LogP contribution in [0.25, 0.3) is 0 Å². The van der Waals surface area contributed by atoms with Crippen LogP contribution >= 0.6 is 0 Å². The van der Waals surface area contributed by atoms with Crippen LogP contribution < -0.4 is 0 Å². The largest absolute Gasteiger partial charge is 0.481 e. The SMILES string of the molecule is CC(CCCC[C@H]1CCC2C3C(CC[C@@]21C)[C@@]1(C)CCC(=O)C[C@@H]1C[C@H]3OC(=O)c1ccccc1)C(=O)O. The Bertz CT molecular complexity index is 1040. The van der Waals surface area contributed by atoms with Gasteiger partial charge in [0.15, 0.2) is 0 Å². The number of fused-ring (bicyclic) bond motifs is 5. The number of esters is 1. The second kappa shape index (κ2) is 10.8. The molecule has 1 N–H and O–H groups in total. The lowest BCUT2D eigenvalue weighted by atomic mass is 9.44. The molecule has 4 unspecified atom stereocenters. The first-order valence-corrected chi connectivity index (χ1v) is 15.1. The van der Waals surface area contributed by atoms with Gasteiger partial charge in [0.1, 0.15) is 11.9 Å². The molecule has 4 aliphatic rings. The molecule has 0 aromatic heterocycles. The maximum atomic E-state index is 13.3. The fraction of sp³-hybridized carbons (Fsp3) is 0.727. The summed E-state index contributed by atoms with van der Waals surface area (Å²) in [5.74, 6) is 1.52. The minimum Gasteiger partial charge on any atom is -0.481 e. The molecular formula is C33H46O5. The first kappa shape index (κ1) is 27.4. The van der Waals surface area contributed by atoms with E-state index in [0.717, 1.165) is 38.5 Å². The molecule has 9 atom stereocenters. The standard InChI is InChI=1S/C33H46O5/c1-21(30(35)36)9-7-8-12-23-13-14-26-29-27(16-18-32(23,26)2)33(3)17-15-25(34)19-24(33)20-28(29)38-31(37)22-10-5-4-6-11-22/h4-6,10-11,21,23-24,26-29H,7-9,12-20H2,1-3H3,(H,35,36)/t21?,23-,24+,26?,27?,28+,29?,32+,33-/m0/s1. The van der Waals surface area contributed by atoms with Crippen LogP contribution in [0, 0.1) is 46.3 Å². The summed E-state index contributed by atoms with van der Waals surface area (Å²) in [6.07, 6.45) is 11.8. The summed E-state index contributed by atoms with van der Waals surface area (Å²) in [6.45, 7) is 6.75. The van der Waals surface area contributed by atoms with Crippen LogP contribution in [0.2, 0.25) is 0 Å². The third-order valence-electron chi connectivity index (χ3n) is 11.8. The second-order valence-corrected chi connectivity index (χ2v) is 13.6. The maximum absolute atomic E-state index is 13.3. The highest BCUT2D eigenvalue weighted by Gasteiger charge is 2.63. The lowest BCUT2D eigenvalue weighted by molar-refractivity contribution is -0.168. The molecular weight excluding hydrogens is 476 g/mol. The number of hydrogen-bond acceptors (Lipinski definition) is 4. The van der Waals surface area contributed by atoms with Crippen LogP contribution in [0.3, 0.4) is 0 Å². The van der Waals surface area contributed by atoms with Gasteiger partial charge < -0.3 is 9.84 Å². The van der Waals surface area contributed by atoms with E-state index in [0.29, 0.717) is 53.8 Å². The number of carboxylic acids is 1. The molecule has 208 valence electrons. The number of hydrogen-bond donors (Lipinski definition) is 1. The molecule has 4 fully saturated rings. The van der Waals surface area contributed by atoms with Crippen molar-refractivity contribution in [2.75, 3.05) is 0 Å². The number of benzene rings is 1. The Kier molecular flexibility index (Phi) is 7.77. The average molecular weight is 523 g/mol. The fourth-order valence-electron chi connectivity index (χ4n) is 9.44. The molecule has 38 heavy (non-hydrogen) atoms. The zero-order valence-corrected chi connectivity index (χ0v) is 23.5. The number of ketones is 1. The van der Waals surface area contributed by atoms with E-state index >= 15 is 0 Å². The lowest BCUT2D eigenvalue weighted by Gasteiger charge is -2.62. The van der Waals surface area contributed by atoms with E-state index in [2.05, 4.69) is 13.8 Å². The molecule has 0 bridgehead atoms. The summed E-state index contributed by atoms with van der Waals surface area (Å²) in [5.41, 5.74) is 1.00. The number of Topliss-reactive ketones (excluding diaryl/α,β-unsaturated/α-hetero) is 1. The molecule has 4 aliphatic carbocycles. The number of carbonyl (C=O) groups is 3. The number of unbranched alkanes of at least 4 members (excludes halogenated alkanes) is 1. The number of aliphatic carboxylic acids is 1. The number of ether oxygens (including phenoxy) is 1. The maximum Gasteiger partial charge on any atom is 0.338 e. The molecule has 4 saturated carbocycles. The molecule has 5 rings (SSSR count). The molecule has 5 nitrogen and oxygen atoms in total. The highest BCUT2D eigenvalue weighted by Crippen LogP contribution is 2.68. The van der Waals surface area contributed by atoms with Gasteiger partial charge in [-0.15, -0.1) is 0 Å². The summed E-state index contributed by atoms with van der Waals surface area (Å²) < 4.78 is 6.41. The van der Waals surface area contributed by atoms with Crippen LogP contribution in [-0.4, -0.2) is 28.9 Å². The van der Waals surface area contributed by atoms with Crippen molar-refractivity contribution in [2.45, 2.75) is 104 Å². The Morgan fingerprint density at radius 3 is 2.50 bits per heavy atom. The highest BCUT2D eigenvalue weighted by atomic mass is 16.5. The first-order chi connectivity index (χ1) is 18.1. The van der Waals surface area contributed by atoms with E-state index in [1.165, 1.54) is 25.7 Å². The third kappa shape index (κ3) is 4.95. The molecule has 1 aromatic carbocycles. The van der Waals surface area contributed by atoms with Crippen LogP contribution in [0.15, 0.2) is 30.3 Å². The van der Waals surface area contributed by atoms with Gasteiger partial charge in [0.25, 0.3) is 0 Å². The molecule has 1 aromatic rings. The number of rotatable bonds is 8. The normalized spacial score (nSPS) is 39.0. The molecule has 0 aliphatic heterocycles. The Hall–Kier alpha value is -2.17. The Morgan fingerprint density at radius 1 is 1.03 bits per heavy atom. The topological polar surface area (TPSA) is 80.7 Å². The predicted octanol–water partition coefficient (Wildman–Crippen LogP) is 7.33.